The molecular weight excluding hydrogens is 289 g/mol. The molecule has 1 unspecified atom stereocenters. The second-order valence-electron chi connectivity index (χ2n) is 4.72. The van der Waals surface area contributed by atoms with E-state index in [1.165, 1.54) is 18.2 Å². The number of para-hydroxylation sites is 1. The average molecular weight is 303 g/mol. The highest BCUT2D eigenvalue weighted by atomic mass is 32.1. The van der Waals surface area contributed by atoms with Crippen LogP contribution in [-0.4, -0.2) is 10.1 Å². The van der Waals surface area contributed by atoms with Gasteiger partial charge in [0.1, 0.15) is 23.2 Å². The summed E-state index contributed by atoms with van der Waals surface area (Å²) >= 11 is 1.54. The van der Waals surface area contributed by atoms with Gasteiger partial charge in [0, 0.05) is 11.6 Å². The maximum atomic E-state index is 13.3. The number of aliphatic hydroxyl groups excluding tert-OH is 1. The number of aromatic nitrogens is 1. The predicted molar refractivity (Wildman–Crippen MR) is 81.0 cm³/mol. The van der Waals surface area contributed by atoms with Crippen LogP contribution >= 0.6 is 11.3 Å². The lowest BCUT2D eigenvalue weighted by Gasteiger charge is -2.12. The number of halogens is 1. The number of fused-ring (bicyclic) bond motifs is 1. The second kappa shape index (κ2) is 5.79. The van der Waals surface area contributed by atoms with Crippen LogP contribution in [0.15, 0.2) is 42.5 Å². The average Bonchev–Trinajstić information content (AvgIpc) is 2.87. The Morgan fingerprint density at radius 3 is 2.86 bits per heavy atom. The molecule has 0 fully saturated rings. The first-order valence-electron chi connectivity index (χ1n) is 6.58. The Morgan fingerprint density at radius 2 is 2.10 bits per heavy atom. The van der Waals surface area contributed by atoms with E-state index in [9.17, 15) is 9.50 Å². The van der Waals surface area contributed by atoms with Gasteiger partial charge in [0.15, 0.2) is 0 Å². The normalized spacial score (nSPS) is 12.5. The van der Waals surface area contributed by atoms with E-state index >= 15 is 0 Å². The van der Waals surface area contributed by atoms with Crippen LogP contribution in [-0.2, 0) is 6.61 Å². The lowest BCUT2D eigenvalue weighted by molar-refractivity contribution is 0.190. The Labute approximate surface area is 125 Å². The third-order valence-corrected chi connectivity index (χ3v) is 4.12. The van der Waals surface area contributed by atoms with Gasteiger partial charge >= 0.3 is 0 Å². The van der Waals surface area contributed by atoms with Crippen molar-refractivity contribution in [3.05, 3.63) is 58.9 Å². The number of thiazole rings is 1. The quantitative estimate of drug-likeness (QED) is 0.790. The highest BCUT2D eigenvalue weighted by molar-refractivity contribution is 7.18. The van der Waals surface area contributed by atoms with E-state index in [-0.39, 0.29) is 6.61 Å². The van der Waals surface area contributed by atoms with Crippen LogP contribution in [0.1, 0.15) is 23.6 Å². The van der Waals surface area contributed by atoms with Crippen LogP contribution < -0.4 is 4.74 Å². The molecule has 1 aromatic heterocycles. The van der Waals surface area contributed by atoms with Crippen LogP contribution in [0, 0.1) is 5.82 Å². The van der Waals surface area contributed by atoms with Gasteiger partial charge < -0.3 is 9.84 Å². The van der Waals surface area contributed by atoms with Gasteiger partial charge in [0.25, 0.3) is 0 Å². The first-order valence-corrected chi connectivity index (χ1v) is 7.40. The van der Waals surface area contributed by atoms with Crippen molar-refractivity contribution in [2.45, 2.75) is 19.6 Å². The van der Waals surface area contributed by atoms with Gasteiger partial charge in [-0.3, -0.25) is 0 Å². The highest BCUT2D eigenvalue weighted by Gasteiger charge is 2.11. The van der Waals surface area contributed by atoms with Gasteiger partial charge in [-0.15, -0.1) is 11.3 Å². The van der Waals surface area contributed by atoms with E-state index in [2.05, 4.69) is 4.98 Å². The highest BCUT2D eigenvalue weighted by Crippen LogP contribution is 2.28. The minimum atomic E-state index is -0.712. The molecular formula is C16H14FNO2S. The van der Waals surface area contributed by atoms with Crippen molar-refractivity contribution in [3.63, 3.8) is 0 Å². The first-order chi connectivity index (χ1) is 10.1. The maximum absolute atomic E-state index is 13.3. The van der Waals surface area contributed by atoms with Crippen molar-refractivity contribution in [2.75, 3.05) is 0 Å². The monoisotopic (exact) mass is 303 g/mol. The summed E-state index contributed by atoms with van der Waals surface area (Å²) in [4.78, 5) is 4.46. The molecule has 3 aromatic rings. The van der Waals surface area contributed by atoms with E-state index < -0.39 is 11.9 Å². The zero-order valence-corrected chi connectivity index (χ0v) is 12.2. The van der Waals surface area contributed by atoms with Crippen molar-refractivity contribution in [2.24, 2.45) is 0 Å². The molecule has 0 saturated carbocycles. The summed E-state index contributed by atoms with van der Waals surface area (Å²) in [6, 6.07) is 12.0. The number of rotatable bonds is 4. The Bertz CT molecular complexity index is 737. The molecule has 5 heteroatoms. The summed E-state index contributed by atoms with van der Waals surface area (Å²) in [5, 5.41) is 10.5. The minimum Gasteiger partial charge on any atom is -0.486 e. The van der Waals surface area contributed by atoms with Crippen LogP contribution in [0.2, 0.25) is 0 Å². The molecule has 3 rings (SSSR count). The number of hydrogen-bond donors (Lipinski definition) is 1. The summed E-state index contributed by atoms with van der Waals surface area (Å²) in [6.07, 6.45) is -0.712. The van der Waals surface area contributed by atoms with Crippen molar-refractivity contribution in [1.82, 2.24) is 4.98 Å². The van der Waals surface area contributed by atoms with Crippen LogP contribution in [0.4, 0.5) is 4.39 Å². The molecule has 2 aromatic carbocycles. The lowest BCUT2D eigenvalue weighted by Crippen LogP contribution is -2.01. The Balaban J connectivity index is 1.82. The van der Waals surface area contributed by atoms with Crippen molar-refractivity contribution >= 4 is 21.6 Å². The molecule has 1 heterocycles. The fourth-order valence-corrected chi connectivity index (χ4v) is 2.98. The van der Waals surface area contributed by atoms with Gasteiger partial charge in [-0.2, -0.15) is 0 Å². The Kier molecular flexibility index (Phi) is 3.86. The molecule has 0 aliphatic carbocycles. The molecule has 1 atom stereocenters. The molecule has 0 radical (unpaired) electrons. The van der Waals surface area contributed by atoms with E-state index in [0.717, 1.165) is 15.2 Å². The smallest absolute Gasteiger partial charge is 0.140 e. The fourth-order valence-electron chi connectivity index (χ4n) is 2.10. The van der Waals surface area contributed by atoms with Gasteiger partial charge in [-0.25, -0.2) is 9.37 Å². The van der Waals surface area contributed by atoms with Crippen LogP contribution in [0.25, 0.3) is 10.2 Å². The number of hydrogen-bond acceptors (Lipinski definition) is 4. The lowest BCUT2D eigenvalue weighted by atomic mass is 10.1. The number of aliphatic hydroxyl groups is 1. The number of ether oxygens (including phenoxy) is 1. The number of benzene rings is 2. The van der Waals surface area contributed by atoms with Gasteiger partial charge in [-0.1, -0.05) is 12.1 Å². The number of nitrogens with zero attached hydrogens (tertiary/aromatic N) is 1. The van der Waals surface area contributed by atoms with E-state index in [0.29, 0.717) is 11.3 Å². The molecule has 0 saturated heterocycles. The molecule has 0 spiro atoms. The Hall–Kier alpha value is -1.98. The molecule has 0 aliphatic heterocycles. The molecule has 1 N–H and O–H groups in total. The maximum Gasteiger partial charge on any atom is 0.140 e. The van der Waals surface area contributed by atoms with E-state index in [4.69, 9.17) is 4.74 Å². The van der Waals surface area contributed by atoms with E-state index in [1.54, 1.807) is 18.3 Å². The third-order valence-electron chi connectivity index (χ3n) is 3.12. The van der Waals surface area contributed by atoms with Crippen molar-refractivity contribution in [3.8, 4) is 5.75 Å². The molecule has 21 heavy (non-hydrogen) atoms. The van der Waals surface area contributed by atoms with Crippen molar-refractivity contribution in [1.29, 1.82) is 0 Å². The summed E-state index contributed by atoms with van der Waals surface area (Å²) in [7, 11) is 0. The zero-order chi connectivity index (χ0) is 14.8. The molecule has 108 valence electrons. The molecule has 3 nitrogen and oxygen atoms in total. The molecule has 0 amide bonds. The third kappa shape index (κ3) is 3.04. The summed E-state index contributed by atoms with van der Waals surface area (Å²) in [5.74, 6) is -0.0389. The van der Waals surface area contributed by atoms with Crippen LogP contribution in [0.5, 0.6) is 5.75 Å². The summed E-state index contributed by atoms with van der Waals surface area (Å²) in [6.45, 7) is 1.88. The van der Waals surface area contributed by atoms with Gasteiger partial charge in [0.05, 0.1) is 16.3 Å². The van der Waals surface area contributed by atoms with E-state index in [1.807, 2.05) is 24.3 Å². The largest absolute Gasteiger partial charge is 0.486 e. The summed E-state index contributed by atoms with van der Waals surface area (Å²) in [5.41, 5.74) is 1.49. The van der Waals surface area contributed by atoms with Gasteiger partial charge in [-0.05, 0) is 31.2 Å². The Morgan fingerprint density at radius 1 is 1.29 bits per heavy atom. The fraction of sp³-hybridized carbons (Fsp3) is 0.188. The zero-order valence-electron chi connectivity index (χ0n) is 11.4. The summed E-state index contributed by atoms with van der Waals surface area (Å²) < 4.78 is 20.1. The first kappa shape index (κ1) is 14.0. The second-order valence-corrected chi connectivity index (χ2v) is 5.84. The van der Waals surface area contributed by atoms with Crippen molar-refractivity contribution < 1.29 is 14.2 Å². The van der Waals surface area contributed by atoms with Crippen LogP contribution in [0.3, 0.4) is 0 Å². The predicted octanol–water partition coefficient (Wildman–Crippen LogP) is 4.07. The topological polar surface area (TPSA) is 42.4 Å². The molecule has 0 aliphatic rings. The van der Waals surface area contributed by atoms with Gasteiger partial charge in [0.2, 0.25) is 0 Å². The standard InChI is InChI=1S/C16H14FNO2S/c1-10(19)12-7-6-11(17)8-14(12)20-9-16-18-13-4-2-3-5-15(13)21-16/h2-8,10,19H,9H2,1H3. The minimum absolute atomic E-state index is 0.252. The molecule has 0 bridgehead atoms. The SMILES string of the molecule is CC(O)c1ccc(F)cc1OCc1nc2ccccc2s1.